The largest absolute Gasteiger partial charge is 1.00 e. The molecule has 0 amide bonds. The van der Waals surface area contributed by atoms with Gasteiger partial charge in [0.05, 0.1) is 0 Å². The van der Waals surface area contributed by atoms with Crippen molar-refractivity contribution in [2.24, 2.45) is 0 Å². The fourth-order valence-electron chi connectivity index (χ4n) is 1.93. The van der Waals surface area contributed by atoms with Gasteiger partial charge in [0.15, 0.2) is 0 Å². The first-order valence-electron chi connectivity index (χ1n) is 4.75. The van der Waals surface area contributed by atoms with E-state index in [4.69, 9.17) is 0 Å². The number of fused-ring (bicyclic) bond motifs is 1. The van der Waals surface area contributed by atoms with Crippen molar-refractivity contribution in [2.75, 3.05) is 0 Å². The van der Waals surface area contributed by atoms with E-state index in [0.717, 1.165) is 6.42 Å². The number of aryl methyl sites for hydroxylation is 1. The Bertz CT molecular complexity index is 375. The first kappa shape index (κ1) is 18.0. The Kier molecular flexibility index (Phi) is 7.94. The molecule has 0 spiro atoms. The second-order valence-electron chi connectivity index (χ2n) is 3.59. The van der Waals surface area contributed by atoms with Crippen LogP contribution < -0.4 is 14.1 Å². The van der Waals surface area contributed by atoms with Gasteiger partial charge < -0.3 is 14.1 Å². The van der Waals surface area contributed by atoms with Gasteiger partial charge in [-0.3, -0.25) is 0 Å². The van der Waals surface area contributed by atoms with Crippen molar-refractivity contribution < 1.29 is 38.8 Å². The van der Waals surface area contributed by atoms with Crippen LogP contribution in [0.3, 0.4) is 0 Å². The van der Waals surface area contributed by atoms with Crippen LogP contribution in [0, 0.1) is 0 Å². The van der Waals surface area contributed by atoms with E-state index in [0.29, 0.717) is 3.63 Å². The Labute approximate surface area is 109 Å². The number of benzene rings is 1. The van der Waals surface area contributed by atoms with Crippen molar-refractivity contribution in [3.8, 4) is 0 Å². The maximum Gasteiger partial charge on any atom is -1.00 e. The van der Waals surface area contributed by atoms with Crippen molar-refractivity contribution in [2.45, 2.75) is 23.9 Å². The molecule has 1 aliphatic carbocycles. The first-order chi connectivity index (χ1) is 6.24. The molecule has 16 heavy (non-hydrogen) atoms. The second kappa shape index (κ2) is 7.06. The van der Waals surface area contributed by atoms with E-state index in [2.05, 4.69) is 38.1 Å². The van der Waals surface area contributed by atoms with Crippen LogP contribution in [-0.4, -0.2) is 0 Å². The molecule has 1 aromatic carbocycles. The molecule has 1 atom stereocenters. The average molecular weight is 305 g/mol. The number of rotatable bonds is 1. The molecule has 0 heterocycles. The van der Waals surface area contributed by atoms with Crippen LogP contribution in [0.1, 0.15) is 34.2 Å². The summed E-state index contributed by atoms with van der Waals surface area (Å²) in [6.45, 7) is 4.48. The van der Waals surface area contributed by atoms with E-state index in [1.54, 1.807) is 30.3 Å². The maximum atomic E-state index is 2.37. The molecule has 0 N–H and O–H groups in total. The van der Waals surface area contributed by atoms with E-state index < -0.39 is 0 Å². The maximum absolute atomic E-state index is 2.37. The fourth-order valence-corrected chi connectivity index (χ4v) is 2.75. The molecular weight excluding hydrogens is 292 g/mol. The quantitative estimate of drug-likeness (QED) is 0.485. The van der Waals surface area contributed by atoms with Gasteiger partial charge in [-0.25, -0.2) is 0 Å². The number of hydrogen-bond donors (Lipinski definition) is 0. The van der Waals surface area contributed by atoms with Gasteiger partial charge in [-0.2, -0.15) is 0 Å². The molecule has 0 saturated heterocycles. The van der Waals surface area contributed by atoms with Crippen LogP contribution in [0.5, 0.6) is 0 Å². The predicted octanol–water partition coefficient (Wildman–Crippen LogP) is -5.73. The molecular formula is C12H13F3Zr. The average Bonchev–Trinajstić information content (AvgIpc) is 2.43. The summed E-state index contributed by atoms with van der Waals surface area (Å²) in [6, 6.07) is 6.72. The molecule has 0 aliphatic heterocycles. The number of hydrogen-bond acceptors (Lipinski definition) is 0. The Morgan fingerprint density at radius 3 is 2.38 bits per heavy atom. The first-order valence-corrected chi connectivity index (χ1v) is 6.17. The Hall–Kier alpha value is -0.367. The van der Waals surface area contributed by atoms with Gasteiger partial charge in [0.25, 0.3) is 0 Å². The van der Waals surface area contributed by atoms with Crippen LogP contribution in [0.25, 0.3) is 6.08 Å². The zero-order chi connectivity index (χ0) is 9.42. The topological polar surface area (TPSA) is 0 Å². The van der Waals surface area contributed by atoms with Crippen LogP contribution in [0.15, 0.2) is 23.8 Å². The zero-order valence-corrected chi connectivity index (χ0v) is 11.7. The van der Waals surface area contributed by atoms with Crippen molar-refractivity contribution in [1.29, 1.82) is 0 Å². The van der Waals surface area contributed by atoms with E-state index in [9.17, 15) is 0 Å². The van der Waals surface area contributed by atoms with Crippen LogP contribution in [0.2, 0.25) is 0 Å². The van der Waals surface area contributed by atoms with Gasteiger partial charge in [0.2, 0.25) is 0 Å². The van der Waals surface area contributed by atoms with Crippen molar-refractivity contribution in [3.05, 3.63) is 40.5 Å². The SMILES string of the molecule is CCc1cccc2c1C=C(C)[CH]2[Zr+3].[F-].[F-].[F-]. The fraction of sp³-hybridized carbons (Fsp3) is 0.333. The molecule has 86 valence electrons. The number of halogens is 3. The molecule has 0 aromatic heterocycles. The monoisotopic (exact) mass is 304 g/mol. The third kappa shape index (κ3) is 2.85. The van der Waals surface area contributed by atoms with Gasteiger partial charge in [0.1, 0.15) is 0 Å². The summed E-state index contributed by atoms with van der Waals surface area (Å²) in [5.41, 5.74) is 6.09. The zero-order valence-electron chi connectivity index (χ0n) is 9.23. The van der Waals surface area contributed by atoms with Gasteiger partial charge in [0, 0.05) is 0 Å². The van der Waals surface area contributed by atoms with Crippen molar-refractivity contribution in [3.63, 3.8) is 0 Å². The summed E-state index contributed by atoms with van der Waals surface area (Å²) in [4.78, 5) is 0. The summed E-state index contributed by atoms with van der Waals surface area (Å²) in [7, 11) is 0. The van der Waals surface area contributed by atoms with Crippen LogP contribution in [-0.2, 0) is 31.1 Å². The van der Waals surface area contributed by atoms with E-state index >= 15 is 0 Å². The Morgan fingerprint density at radius 2 is 1.81 bits per heavy atom. The minimum absolute atomic E-state index is 0. The molecule has 1 unspecified atom stereocenters. The van der Waals surface area contributed by atoms with Crippen molar-refractivity contribution >= 4 is 6.08 Å². The summed E-state index contributed by atoms with van der Waals surface area (Å²) < 4.78 is 0.716. The van der Waals surface area contributed by atoms with Crippen LogP contribution in [0.4, 0.5) is 0 Å². The second-order valence-corrected chi connectivity index (χ2v) is 5.01. The van der Waals surface area contributed by atoms with Gasteiger partial charge >= 0.3 is 95.2 Å². The smallest absolute Gasteiger partial charge is 1.00 e. The molecule has 0 bridgehead atoms. The number of allylic oxidation sites excluding steroid dienone is 1. The normalized spacial score (nSPS) is 16.2. The van der Waals surface area contributed by atoms with Crippen molar-refractivity contribution in [1.82, 2.24) is 0 Å². The summed E-state index contributed by atoms with van der Waals surface area (Å²) in [5, 5.41) is 0. The minimum Gasteiger partial charge on any atom is -1.00 e. The Balaban J connectivity index is 0. The molecule has 0 fully saturated rings. The molecule has 1 aliphatic rings. The standard InChI is InChI=1S/C12H13.3FH.Zr/c1-3-10-5-4-6-11-7-9(2)8-12(10)11;;;;/h4-8H,3H2,1-2H3;3*1H;/q;;;;+3/p-3. The van der Waals surface area contributed by atoms with Gasteiger partial charge in [-0.05, 0) is 0 Å². The third-order valence-electron chi connectivity index (χ3n) is 2.75. The summed E-state index contributed by atoms with van der Waals surface area (Å²) in [5.74, 6) is 0. The third-order valence-corrected chi connectivity index (χ3v) is 4.63. The van der Waals surface area contributed by atoms with E-state index in [1.807, 2.05) is 0 Å². The molecule has 4 heteroatoms. The molecule has 0 saturated carbocycles. The molecule has 1 aromatic rings. The minimum atomic E-state index is 0. The molecule has 2 rings (SSSR count). The van der Waals surface area contributed by atoms with E-state index in [-0.39, 0.29) is 14.1 Å². The Morgan fingerprint density at radius 1 is 1.19 bits per heavy atom. The van der Waals surface area contributed by atoms with Gasteiger partial charge in [-0.1, -0.05) is 0 Å². The predicted molar refractivity (Wildman–Crippen MR) is 52.2 cm³/mol. The van der Waals surface area contributed by atoms with E-state index in [1.165, 1.54) is 16.7 Å². The summed E-state index contributed by atoms with van der Waals surface area (Å²) in [6.07, 6.45) is 3.52. The van der Waals surface area contributed by atoms with Gasteiger partial charge in [-0.15, -0.1) is 0 Å². The molecule has 0 nitrogen and oxygen atoms in total. The molecule has 0 radical (unpaired) electrons. The van der Waals surface area contributed by atoms with Crippen LogP contribution >= 0.6 is 0 Å². The summed E-state index contributed by atoms with van der Waals surface area (Å²) >= 11 is 1.61.